The minimum Gasteiger partial charge on any atom is -0.492 e. The third-order valence-corrected chi connectivity index (χ3v) is 3.36. The Morgan fingerprint density at radius 2 is 1.95 bits per heavy atom. The minimum absolute atomic E-state index is 0. The molecule has 1 aliphatic heterocycles. The number of benzene rings is 1. The summed E-state index contributed by atoms with van der Waals surface area (Å²) in [4.78, 5) is 16.0. The quantitative estimate of drug-likeness (QED) is 0.846. The number of rotatable bonds is 6. The van der Waals surface area contributed by atoms with Crippen LogP contribution in [-0.2, 0) is 4.79 Å². The molecule has 1 aromatic carbocycles. The van der Waals surface area contributed by atoms with Crippen molar-refractivity contribution in [3.63, 3.8) is 0 Å². The molecule has 1 amide bonds. The van der Waals surface area contributed by atoms with E-state index in [-0.39, 0.29) is 18.3 Å². The minimum atomic E-state index is 0. The van der Waals surface area contributed by atoms with Crippen molar-refractivity contribution in [2.75, 3.05) is 52.9 Å². The predicted molar refractivity (Wildman–Crippen MR) is 86.1 cm³/mol. The van der Waals surface area contributed by atoms with Gasteiger partial charge in [0.15, 0.2) is 0 Å². The lowest BCUT2D eigenvalue weighted by Crippen LogP contribution is -2.49. The van der Waals surface area contributed by atoms with Gasteiger partial charge in [0.25, 0.3) is 0 Å². The van der Waals surface area contributed by atoms with Gasteiger partial charge in [0, 0.05) is 32.7 Å². The highest BCUT2D eigenvalue weighted by Gasteiger charge is 2.17. The summed E-state index contributed by atoms with van der Waals surface area (Å²) in [5.41, 5.74) is 0. The number of hydrogen-bond acceptors (Lipinski definition) is 4. The normalized spacial score (nSPS) is 14.7. The van der Waals surface area contributed by atoms with Crippen molar-refractivity contribution in [3.8, 4) is 5.75 Å². The zero-order valence-corrected chi connectivity index (χ0v) is 13.3. The molecule has 1 aliphatic rings. The van der Waals surface area contributed by atoms with Gasteiger partial charge in [-0.2, -0.15) is 0 Å². The molecule has 0 aromatic heterocycles. The van der Waals surface area contributed by atoms with Crippen molar-refractivity contribution in [1.29, 1.82) is 0 Å². The van der Waals surface area contributed by atoms with E-state index in [0.29, 0.717) is 13.2 Å². The van der Waals surface area contributed by atoms with Crippen LogP contribution in [0.4, 0.5) is 0 Å². The molecule has 5 nitrogen and oxygen atoms in total. The highest BCUT2D eigenvalue weighted by molar-refractivity contribution is 5.85. The molecule has 6 heteroatoms. The van der Waals surface area contributed by atoms with Crippen molar-refractivity contribution >= 4 is 18.3 Å². The molecule has 1 heterocycles. The molecular weight excluding hydrogens is 290 g/mol. The summed E-state index contributed by atoms with van der Waals surface area (Å²) in [5.74, 6) is 1.07. The van der Waals surface area contributed by atoms with Gasteiger partial charge in [0.2, 0.25) is 5.91 Å². The molecule has 0 saturated carbocycles. The van der Waals surface area contributed by atoms with Gasteiger partial charge >= 0.3 is 0 Å². The van der Waals surface area contributed by atoms with Gasteiger partial charge in [-0.3, -0.25) is 9.69 Å². The van der Waals surface area contributed by atoms with Gasteiger partial charge in [0.1, 0.15) is 12.4 Å². The highest BCUT2D eigenvalue weighted by Crippen LogP contribution is 2.07. The van der Waals surface area contributed by atoms with Crippen LogP contribution in [0.25, 0.3) is 0 Å². The van der Waals surface area contributed by atoms with Crippen LogP contribution in [0.15, 0.2) is 30.3 Å². The summed E-state index contributed by atoms with van der Waals surface area (Å²) in [6, 6.07) is 9.74. The third kappa shape index (κ3) is 6.33. The van der Waals surface area contributed by atoms with Crippen LogP contribution in [0, 0.1) is 0 Å². The zero-order valence-electron chi connectivity index (χ0n) is 12.5. The summed E-state index contributed by atoms with van der Waals surface area (Å²) < 4.78 is 5.63. The molecular formula is C15H24ClN3O2. The Morgan fingerprint density at radius 1 is 1.29 bits per heavy atom. The van der Waals surface area contributed by atoms with Gasteiger partial charge in [-0.15, -0.1) is 12.4 Å². The summed E-state index contributed by atoms with van der Waals surface area (Å²) in [6.07, 6.45) is 0. The number of nitrogens with one attached hydrogen (secondary N) is 1. The molecule has 0 bridgehead atoms. The number of carbonyl (C=O) groups is 1. The monoisotopic (exact) mass is 313 g/mol. The number of nitrogens with zero attached hydrogens (tertiary/aromatic N) is 2. The maximum absolute atomic E-state index is 12.1. The molecule has 2 rings (SSSR count). The first-order valence-corrected chi connectivity index (χ1v) is 7.10. The maximum Gasteiger partial charge on any atom is 0.236 e. The maximum atomic E-state index is 12.1. The van der Waals surface area contributed by atoms with Crippen LogP contribution in [0.5, 0.6) is 5.75 Å². The van der Waals surface area contributed by atoms with Gasteiger partial charge in [-0.05, 0) is 19.2 Å². The summed E-state index contributed by atoms with van der Waals surface area (Å²) >= 11 is 0. The van der Waals surface area contributed by atoms with Gasteiger partial charge in [0.05, 0.1) is 6.54 Å². The average molecular weight is 314 g/mol. The van der Waals surface area contributed by atoms with Gasteiger partial charge < -0.3 is 15.0 Å². The van der Waals surface area contributed by atoms with E-state index in [1.54, 1.807) is 0 Å². The fraction of sp³-hybridized carbons (Fsp3) is 0.533. The Bertz CT molecular complexity index is 411. The fourth-order valence-electron chi connectivity index (χ4n) is 2.16. The molecule has 118 valence electrons. The van der Waals surface area contributed by atoms with Crippen molar-refractivity contribution < 1.29 is 9.53 Å². The van der Waals surface area contributed by atoms with E-state index < -0.39 is 0 Å². The molecule has 21 heavy (non-hydrogen) atoms. The second-order valence-corrected chi connectivity index (χ2v) is 5.03. The number of amides is 1. The van der Waals surface area contributed by atoms with E-state index in [2.05, 4.69) is 5.32 Å². The average Bonchev–Trinajstić information content (AvgIpc) is 2.49. The SMILES string of the molecule is CN(CCOc1ccccc1)CC(=O)N1CCNCC1.Cl. The van der Waals surface area contributed by atoms with Crippen molar-refractivity contribution in [3.05, 3.63) is 30.3 Å². The first kappa shape index (κ1) is 17.8. The summed E-state index contributed by atoms with van der Waals surface area (Å²) in [5, 5.41) is 3.25. The molecule has 1 fully saturated rings. The number of para-hydroxylation sites is 1. The number of ether oxygens (including phenoxy) is 1. The molecule has 0 atom stereocenters. The molecule has 0 spiro atoms. The van der Waals surface area contributed by atoms with E-state index in [4.69, 9.17) is 4.74 Å². The molecule has 1 N–H and O–H groups in total. The van der Waals surface area contributed by atoms with Crippen LogP contribution in [-0.4, -0.2) is 68.6 Å². The standard InChI is InChI=1S/C15H23N3O2.ClH/c1-17(11-12-20-14-5-3-2-4-6-14)13-15(19)18-9-7-16-8-10-18;/h2-6,16H,7-13H2,1H3;1H. The molecule has 1 aromatic rings. The van der Waals surface area contributed by atoms with Gasteiger partial charge in [-0.1, -0.05) is 18.2 Å². The topological polar surface area (TPSA) is 44.8 Å². The summed E-state index contributed by atoms with van der Waals surface area (Å²) in [6.45, 7) is 5.21. The van der Waals surface area contributed by atoms with Crippen molar-refractivity contribution in [2.24, 2.45) is 0 Å². The number of likely N-dealkylation sites (N-methyl/N-ethyl adjacent to an activating group) is 1. The van der Waals surface area contributed by atoms with Crippen LogP contribution in [0.1, 0.15) is 0 Å². The van der Waals surface area contributed by atoms with E-state index in [1.807, 2.05) is 47.2 Å². The second kappa shape index (κ2) is 9.60. The smallest absolute Gasteiger partial charge is 0.236 e. The van der Waals surface area contributed by atoms with Crippen molar-refractivity contribution in [1.82, 2.24) is 15.1 Å². The zero-order chi connectivity index (χ0) is 14.2. The first-order valence-electron chi connectivity index (χ1n) is 7.10. The Labute approximate surface area is 132 Å². The van der Waals surface area contributed by atoms with Crippen LogP contribution in [0.3, 0.4) is 0 Å². The van der Waals surface area contributed by atoms with Crippen LogP contribution in [0.2, 0.25) is 0 Å². The largest absolute Gasteiger partial charge is 0.492 e. The fourth-order valence-corrected chi connectivity index (χ4v) is 2.16. The van der Waals surface area contributed by atoms with E-state index in [9.17, 15) is 4.79 Å². The highest BCUT2D eigenvalue weighted by atomic mass is 35.5. The first-order chi connectivity index (χ1) is 9.75. The van der Waals surface area contributed by atoms with E-state index in [0.717, 1.165) is 38.5 Å². The Kier molecular flexibility index (Phi) is 8.12. The lowest BCUT2D eigenvalue weighted by Gasteiger charge is -2.29. The number of halogens is 1. The Balaban J connectivity index is 0.00000220. The Hall–Kier alpha value is -1.30. The van der Waals surface area contributed by atoms with Gasteiger partial charge in [-0.25, -0.2) is 0 Å². The number of carbonyl (C=O) groups excluding carboxylic acids is 1. The molecule has 0 radical (unpaired) electrons. The molecule has 1 saturated heterocycles. The lowest BCUT2D eigenvalue weighted by molar-refractivity contribution is -0.132. The Morgan fingerprint density at radius 3 is 2.62 bits per heavy atom. The number of hydrogen-bond donors (Lipinski definition) is 1. The lowest BCUT2D eigenvalue weighted by atomic mass is 10.3. The second-order valence-electron chi connectivity index (χ2n) is 5.03. The number of piperazine rings is 1. The molecule has 0 aliphatic carbocycles. The summed E-state index contributed by atoms with van der Waals surface area (Å²) in [7, 11) is 1.95. The van der Waals surface area contributed by atoms with Crippen LogP contribution >= 0.6 is 12.4 Å². The van der Waals surface area contributed by atoms with E-state index >= 15 is 0 Å². The van der Waals surface area contributed by atoms with Crippen molar-refractivity contribution in [2.45, 2.75) is 0 Å². The molecule has 0 unspecified atom stereocenters. The predicted octanol–water partition coefficient (Wildman–Crippen LogP) is 0.851. The van der Waals surface area contributed by atoms with E-state index in [1.165, 1.54) is 0 Å². The van der Waals surface area contributed by atoms with Crippen LogP contribution < -0.4 is 10.1 Å². The third-order valence-electron chi connectivity index (χ3n) is 3.36.